The van der Waals surface area contributed by atoms with Crippen LogP contribution in [-0.2, 0) is 0 Å². The van der Waals surface area contributed by atoms with Gasteiger partial charge in [0.05, 0.1) is 0 Å². The molecule has 0 radical (unpaired) electrons. The van der Waals surface area contributed by atoms with Crippen LogP contribution in [0, 0.1) is 5.95 Å². The second kappa shape index (κ2) is 7.34. The van der Waals surface area contributed by atoms with Gasteiger partial charge in [0.2, 0.25) is 10.9 Å². The third-order valence-electron chi connectivity index (χ3n) is 4.84. The predicted molar refractivity (Wildman–Crippen MR) is 111 cm³/mol. The number of anilines is 1. The zero-order chi connectivity index (χ0) is 19.8. The first kappa shape index (κ1) is 17.9. The Labute approximate surface area is 169 Å². The van der Waals surface area contributed by atoms with Gasteiger partial charge in [0.15, 0.2) is 0 Å². The number of benzene rings is 1. The summed E-state index contributed by atoms with van der Waals surface area (Å²) in [5.74, 6) is 0.164. The van der Waals surface area contributed by atoms with Crippen LogP contribution in [0.1, 0.15) is 0 Å². The van der Waals surface area contributed by atoms with Crippen molar-refractivity contribution in [3.8, 4) is 21.7 Å². The number of rotatable bonds is 3. The number of nitrogens with zero attached hydrogens (tertiary/aromatic N) is 5. The van der Waals surface area contributed by atoms with Crippen LogP contribution in [0.15, 0.2) is 53.5 Å². The molecule has 1 saturated heterocycles. The molecular weight excluding hydrogens is 391 g/mol. The van der Waals surface area contributed by atoms with Crippen LogP contribution in [0.3, 0.4) is 0 Å². The zero-order valence-corrected chi connectivity index (χ0v) is 16.2. The molecule has 1 fully saturated rings. The van der Waals surface area contributed by atoms with E-state index in [1.165, 1.54) is 34.2 Å². The lowest BCUT2D eigenvalue weighted by atomic mass is 10.0. The number of hydrogen-bond acceptors (Lipinski definition) is 7. The number of fused-ring (bicyclic) bond motifs is 1. The third-order valence-corrected chi connectivity index (χ3v) is 5.80. The molecule has 0 saturated carbocycles. The van der Waals surface area contributed by atoms with Gasteiger partial charge in [-0.15, -0.1) is 0 Å². The largest absolute Gasteiger partial charge is 0.354 e. The number of aromatic nitrogens is 4. The van der Waals surface area contributed by atoms with E-state index in [2.05, 4.69) is 25.3 Å². The lowest BCUT2D eigenvalue weighted by molar-refractivity contribution is 0.584. The second-order valence-corrected chi connectivity index (χ2v) is 7.70. The van der Waals surface area contributed by atoms with Gasteiger partial charge in [-0.3, -0.25) is 4.79 Å². The molecule has 1 aliphatic heterocycles. The van der Waals surface area contributed by atoms with Crippen LogP contribution in [0.2, 0.25) is 0 Å². The molecule has 4 aromatic rings. The highest BCUT2D eigenvalue weighted by Gasteiger charge is 2.16. The van der Waals surface area contributed by atoms with E-state index in [0.717, 1.165) is 42.9 Å². The Morgan fingerprint density at radius 2 is 1.83 bits per heavy atom. The summed E-state index contributed by atoms with van der Waals surface area (Å²) in [7, 11) is 0. The Morgan fingerprint density at radius 3 is 2.66 bits per heavy atom. The van der Waals surface area contributed by atoms with Crippen molar-refractivity contribution < 1.29 is 4.39 Å². The summed E-state index contributed by atoms with van der Waals surface area (Å²) in [6, 6.07) is 12.3. The van der Waals surface area contributed by atoms with Gasteiger partial charge < -0.3 is 10.2 Å². The van der Waals surface area contributed by atoms with Crippen molar-refractivity contribution in [1.29, 1.82) is 0 Å². The molecule has 9 heteroatoms. The fourth-order valence-electron chi connectivity index (χ4n) is 3.39. The fourth-order valence-corrected chi connectivity index (χ4v) is 4.28. The van der Waals surface area contributed by atoms with Gasteiger partial charge in [0.25, 0.3) is 5.56 Å². The van der Waals surface area contributed by atoms with Gasteiger partial charge in [0.1, 0.15) is 10.8 Å². The van der Waals surface area contributed by atoms with Crippen molar-refractivity contribution in [2.24, 2.45) is 0 Å². The minimum absolute atomic E-state index is 0.196. The second-order valence-electron chi connectivity index (χ2n) is 6.74. The molecule has 29 heavy (non-hydrogen) atoms. The van der Waals surface area contributed by atoms with Crippen molar-refractivity contribution in [2.75, 3.05) is 31.1 Å². The predicted octanol–water partition coefficient (Wildman–Crippen LogP) is 2.43. The molecule has 0 unspecified atom stereocenters. The molecule has 3 aromatic heterocycles. The zero-order valence-electron chi connectivity index (χ0n) is 15.4. The molecule has 1 N–H and O–H groups in total. The maximum Gasteiger partial charge on any atom is 0.277 e. The van der Waals surface area contributed by atoms with Gasteiger partial charge in [-0.05, 0) is 23.3 Å². The molecule has 0 amide bonds. The van der Waals surface area contributed by atoms with Crippen molar-refractivity contribution >= 4 is 22.1 Å². The van der Waals surface area contributed by atoms with Crippen LogP contribution in [-0.4, -0.2) is 45.8 Å². The normalized spacial score (nSPS) is 14.4. The first-order valence-corrected chi connectivity index (χ1v) is 10.1. The number of nitrogens with one attached hydrogen (secondary N) is 1. The Morgan fingerprint density at radius 1 is 1.03 bits per heavy atom. The van der Waals surface area contributed by atoms with Crippen molar-refractivity contribution in [3.63, 3.8) is 0 Å². The standard InChI is InChI=1S/C20H17FN6OS/c21-16-11-14(4-5-23-16)13-2-1-3-15(10-13)19-25-27-18(28)12-17(24-20(27)29-19)26-8-6-22-7-9-26/h1-5,10-12,22H,6-9H2. The third kappa shape index (κ3) is 3.50. The Kier molecular flexibility index (Phi) is 4.53. The van der Waals surface area contributed by atoms with Crippen LogP contribution in [0.5, 0.6) is 0 Å². The SMILES string of the molecule is O=c1cc(N2CCNCC2)nc2sc(-c3cccc(-c4ccnc(F)c4)c3)nn12. The summed E-state index contributed by atoms with van der Waals surface area (Å²) in [5.41, 5.74) is 2.23. The van der Waals surface area contributed by atoms with E-state index in [1.807, 2.05) is 24.3 Å². The topological polar surface area (TPSA) is 75.4 Å². The molecular formula is C20H17FN6OS. The summed E-state index contributed by atoms with van der Waals surface area (Å²) < 4.78 is 14.8. The van der Waals surface area contributed by atoms with Gasteiger partial charge in [-0.25, -0.2) is 9.97 Å². The lowest BCUT2D eigenvalue weighted by Crippen LogP contribution is -2.44. The minimum Gasteiger partial charge on any atom is -0.354 e. The highest BCUT2D eigenvalue weighted by molar-refractivity contribution is 7.19. The minimum atomic E-state index is -0.524. The number of halogens is 1. The molecule has 146 valence electrons. The number of hydrogen-bond donors (Lipinski definition) is 1. The molecule has 1 aromatic carbocycles. The van der Waals surface area contributed by atoms with E-state index in [9.17, 15) is 9.18 Å². The Bertz CT molecular complexity index is 1250. The maximum absolute atomic E-state index is 13.5. The molecule has 5 rings (SSSR count). The molecule has 7 nitrogen and oxygen atoms in total. The van der Waals surface area contributed by atoms with Gasteiger partial charge in [-0.1, -0.05) is 29.5 Å². The van der Waals surface area contributed by atoms with Crippen molar-refractivity contribution in [3.05, 3.63) is 65.0 Å². The van der Waals surface area contributed by atoms with Crippen LogP contribution in [0.25, 0.3) is 26.7 Å². The summed E-state index contributed by atoms with van der Waals surface area (Å²) >= 11 is 1.36. The van der Waals surface area contributed by atoms with Gasteiger partial charge >= 0.3 is 0 Å². The van der Waals surface area contributed by atoms with Crippen LogP contribution < -0.4 is 15.8 Å². The monoisotopic (exact) mass is 408 g/mol. The Hall–Kier alpha value is -3.17. The smallest absolute Gasteiger partial charge is 0.277 e. The Balaban J connectivity index is 1.55. The fraction of sp³-hybridized carbons (Fsp3) is 0.200. The van der Waals surface area contributed by atoms with E-state index in [1.54, 1.807) is 6.07 Å². The molecule has 0 atom stereocenters. The van der Waals surface area contributed by atoms with Crippen molar-refractivity contribution in [2.45, 2.75) is 0 Å². The van der Waals surface area contributed by atoms with Crippen molar-refractivity contribution in [1.82, 2.24) is 24.9 Å². The first-order chi connectivity index (χ1) is 14.2. The molecule has 0 spiro atoms. The summed E-state index contributed by atoms with van der Waals surface area (Å²) in [6.45, 7) is 3.38. The van der Waals surface area contributed by atoms with E-state index in [0.29, 0.717) is 15.8 Å². The quantitative estimate of drug-likeness (QED) is 0.525. The summed E-state index contributed by atoms with van der Waals surface area (Å²) in [4.78, 5) is 23.5. The molecule has 4 heterocycles. The highest BCUT2D eigenvalue weighted by atomic mass is 32.1. The average molecular weight is 408 g/mol. The van der Waals surface area contributed by atoms with E-state index in [4.69, 9.17) is 0 Å². The van der Waals surface area contributed by atoms with Gasteiger partial charge in [-0.2, -0.15) is 14.0 Å². The first-order valence-electron chi connectivity index (χ1n) is 9.26. The van der Waals surface area contributed by atoms with E-state index in [-0.39, 0.29) is 5.56 Å². The lowest BCUT2D eigenvalue weighted by Gasteiger charge is -2.27. The van der Waals surface area contributed by atoms with Crippen LogP contribution in [0.4, 0.5) is 10.2 Å². The van der Waals surface area contributed by atoms with Crippen LogP contribution >= 0.6 is 11.3 Å². The maximum atomic E-state index is 13.5. The van der Waals surface area contributed by atoms with E-state index < -0.39 is 5.95 Å². The summed E-state index contributed by atoms with van der Waals surface area (Å²) in [6.07, 6.45) is 1.44. The average Bonchev–Trinajstić information content (AvgIpc) is 3.19. The molecule has 0 aliphatic carbocycles. The van der Waals surface area contributed by atoms with E-state index >= 15 is 0 Å². The van der Waals surface area contributed by atoms with Gasteiger partial charge in [0, 0.05) is 50.1 Å². The number of piperazine rings is 1. The summed E-state index contributed by atoms with van der Waals surface area (Å²) in [5, 5.41) is 8.44. The number of pyridine rings is 1. The molecule has 1 aliphatic rings. The highest BCUT2D eigenvalue weighted by Crippen LogP contribution is 2.29. The molecule has 0 bridgehead atoms.